The van der Waals surface area contributed by atoms with E-state index in [1.54, 1.807) is 37.3 Å². The van der Waals surface area contributed by atoms with Crippen LogP contribution in [0.25, 0.3) is 11.1 Å². The molecule has 6 nitrogen and oxygen atoms in total. The van der Waals surface area contributed by atoms with Crippen LogP contribution < -0.4 is 14.8 Å². The minimum Gasteiger partial charge on any atom is -0.497 e. The van der Waals surface area contributed by atoms with Crippen molar-refractivity contribution in [2.24, 2.45) is 0 Å². The summed E-state index contributed by atoms with van der Waals surface area (Å²) in [6.45, 7) is 3.71. The topological polar surface area (TPSA) is 73.9 Å². The lowest BCUT2D eigenvalue weighted by Gasteiger charge is -2.11. The lowest BCUT2D eigenvalue weighted by atomic mass is 10.0. The van der Waals surface area contributed by atoms with Crippen LogP contribution in [0.2, 0.25) is 0 Å². The molecule has 162 valence electrons. The Hall–Kier alpha value is -3.39. The van der Waals surface area contributed by atoms with Crippen LogP contribution in [0.1, 0.15) is 32.5 Å². The van der Waals surface area contributed by atoms with Crippen molar-refractivity contribution in [3.63, 3.8) is 0 Å². The first-order chi connectivity index (χ1) is 14.9. The van der Waals surface area contributed by atoms with Gasteiger partial charge in [0.05, 0.1) is 20.8 Å². The molecule has 0 atom stereocenters. The van der Waals surface area contributed by atoms with Gasteiger partial charge in [-0.15, -0.1) is 11.3 Å². The average molecular weight is 443 g/mol. The molecule has 0 saturated carbocycles. The number of rotatable bonds is 7. The Labute approximate surface area is 183 Å². The SMILES string of the molecule is CCOC(=O)c1c(NC(=O)c2cc(OC)cc(OC)c2)sc(C)c1-c1ccc(F)cc1. The highest BCUT2D eigenvalue weighted by Gasteiger charge is 2.26. The maximum Gasteiger partial charge on any atom is 0.341 e. The van der Waals surface area contributed by atoms with Crippen LogP contribution in [0, 0.1) is 12.7 Å². The number of thiophene rings is 1. The van der Waals surface area contributed by atoms with Gasteiger partial charge >= 0.3 is 5.97 Å². The molecule has 0 aliphatic rings. The van der Waals surface area contributed by atoms with E-state index in [0.29, 0.717) is 33.2 Å². The standard InChI is InChI=1S/C23H22FNO5S/c1-5-30-23(27)20-19(14-6-8-16(24)9-7-14)13(2)31-22(20)25-21(26)15-10-17(28-3)12-18(11-15)29-4/h6-12H,5H2,1-4H3,(H,25,26). The average Bonchev–Trinajstić information content (AvgIpc) is 3.09. The van der Waals surface area contributed by atoms with Crippen LogP contribution in [-0.4, -0.2) is 32.7 Å². The van der Waals surface area contributed by atoms with Crippen molar-refractivity contribution in [3.05, 3.63) is 64.3 Å². The molecule has 8 heteroatoms. The number of esters is 1. The van der Waals surface area contributed by atoms with E-state index in [0.717, 1.165) is 4.88 Å². The molecule has 0 saturated heterocycles. The second kappa shape index (κ2) is 9.61. The summed E-state index contributed by atoms with van der Waals surface area (Å²) in [6.07, 6.45) is 0. The molecule has 0 fully saturated rings. The Kier molecular flexibility index (Phi) is 6.91. The number of methoxy groups -OCH3 is 2. The van der Waals surface area contributed by atoms with E-state index in [4.69, 9.17) is 14.2 Å². The van der Waals surface area contributed by atoms with E-state index < -0.39 is 11.9 Å². The first kappa shape index (κ1) is 22.3. The lowest BCUT2D eigenvalue weighted by molar-refractivity contribution is 0.0529. The number of carbonyl (C=O) groups excluding carboxylic acids is 2. The molecule has 0 radical (unpaired) electrons. The van der Waals surface area contributed by atoms with Crippen LogP contribution in [0.4, 0.5) is 9.39 Å². The molecule has 0 spiro atoms. The van der Waals surface area contributed by atoms with Crippen LogP contribution in [-0.2, 0) is 4.74 Å². The molecule has 0 aliphatic carbocycles. The highest BCUT2D eigenvalue weighted by atomic mass is 32.1. The van der Waals surface area contributed by atoms with E-state index in [2.05, 4.69) is 5.32 Å². The Bertz CT molecular complexity index is 1090. The maximum atomic E-state index is 13.4. The van der Waals surface area contributed by atoms with Crippen molar-refractivity contribution in [2.45, 2.75) is 13.8 Å². The third kappa shape index (κ3) is 4.86. The fourth-order valence-corrected chi connectivity index (χ4v) is 4.17. The molecule has 0 aliphatic heterocycles. The monoisotopic (exact) mass is 443 g/mol. The Morgan fingerprint density at radius 2 is 1.65 bits per heavy atom. The summed E-state index contributed by atoms with van der Waals surface area (Å²) in [5.41, 5.74) is 1.79. The van der Waals surface area contributed by atoms with E-state index in [1.165, 1.54) is 37.7 Å². The molecule has 1 heterocycles. The number of ether oxygens (including phenoxy) is 3. The molecule has 31 heavy (non-hydrogen) atoms. The predicted molar refractivity (Wildman–Crippen MR) is 118 cm³/mol. The van der Waals surface area contributed by atoms with Gasteiger partial charge in [-0.2, -0.15) is 0 Å². The second-order valence-electron chi connectivity index (χ2n) is 6.52. The molecule has 3 rings (SSSR count). The summed E-state index contributed by atoms with van der Waals surface area (Å²) in [5.74, 6) is -0.455. The van der Waals surface area contributed by atoms with E-state index in [9.17, 15) is 14.0 Å². The summed E-state index contributed by atoms with van der Waals surface area (Å²) in [5, 5.41) is 3.15. The number of halogens is 1. The maximum absolute atomic E-state index is 13.4. The van der Waals surface area contributed by atoms with Gasteiger partial charge in [0.2, 0.25) is 0 Å². The number of benzene rings is 2. The number of carbonyl (C=O) groups is 2. The first-order valence-corrected chi connectivity index (χ1v) is 10.3. The molecule has 1 amide bonds. The van der Waals surface area contributed by atoms with Crippen molar-refractivity contribution >= 4 is 28.2 Å². The zero-order chi connectivity index (χ0) is 22.5. The van der Waals surface area contributed by atoms with Gasteiger partial charge in [-0.05, 0) is 43.7 Å². The predicted octanol–water partition coefficient (Wildman–Crippen LogP) is 5.31. The number of anilines is 1. The largest absolute Gasteiger partial charge is 0.497 e. The first-order valence-electron chi connectivity index (χ1n) is 9.48. The summed E-state index contributed by atoms with van der Waals surface area (Å²) in [4.78, 5) is 26.5. The van der Waals surface area contributed by atoms with Gasteiger partial charge in [-0.3, -0.25) is 4.79 Å². The van der Waals surface area contributed by atoms with Gasteiger partial charge in [-0.1, -0.05) is 12.1 Å². The third-order valence-corrected chi connectivity index (χ3v) is 5.56. The summed E-state index contributed by atoms with van der Waals surface area (Å²) in [7, 11) is 2.99. The number of nitrogens with one attached hydrogen (secondary N) is 1. The van der Waals surface area contributed by atoms with Crippen molar-refractivity contribution in [1.82, 2.24) is 0 Å². The number of amides is 1. The normalized spacial score (nSPS) is 10.5. The molecule has 0 bridgehead atoms. The highest BCUT2D eigenvalue weighted by Crippen LogP contribution is 2.40. The summed E-state index contributed by atoms with van der Waals surface area (Å²) in [6, 6.07) is 10.6. The van der Waals surface area contributed by atoms with Gasteiger partial charge < -0.3 is 19.5 Å². The fraction of sp³-hybridized carbons (Fsp3) is 0.217. The van der Waals surface area contributed by atoms with Crippen LogP contribution >= 0.6 is 11.3 Å². The zero-order valence-electron chi connectivity index (χ0n) is 17.6. The second-order valence-corrected chi connectivity index (χ2v) is 7.74. The molecule has 3 aromatic rings. The van der Waals surface area contributed by atoms with E-state index in [1.807, 2.05) is 6.92 Å². The fourth-order valence-electron chi connectivity index (χ4n) is 3.11. The Morgan fingerprint density at radius 1 is 1.03 bits per heavy atom. The van der Waals surface area contributed by atoms with E-state index >= 15 is 0 Å². The number of hydrogen-bond donors (Lipinski definition) is 1. The molecule has 2 aromatic carbocycles. The van der Waals surface area contributed by atoms with Gasteiger partial charge in [0.15, 0.2) is 0 Å². The summed E-state index contributed by atoms with van der Waals surface area (Å²) >= 11 is 1.25. The van der Waals surface area contributed by atoms with Gasteiger partial charge in [0.1, 0.15) is 27.9 Å². The molecule has 0 unspecified atom stereocenters. The van der Waals surface area contributed by atoms with Gasteiger partial charge in [-0.25, -0.2) is 9.18 Å². The number of hydrogen-bond acceptors (Lipinski definition) is 6. The van der Waals surface area contributed by atoms with Crippen LogP contribution in [0.5, 0.6) is 11.5 Å². The lowest BCUT2D eigenvalue weighted by Crippen LogP contribution is -2.15. The summed E-state index contributed by atoms with van der Waals surface area (Å²) < 4.78 is 29.1. The number of aryl methyl sites for hydroxylation is 1. The third-order valence-electron chi connectivity index (χ3n) is 4.54. The Balaban J connectivity index is 2.05. The van der Waals surface area contributed by atoms with Crippen LogP contribution in [0.3, 0.4) is 0 Å². The zero-order valence-corrected chi connectivity index (χ0v) is 18.4. The van der Waals surface area contributed by atoms with Crippen molar-refractivity contribution < 1.29 is 28.2 Å². The molecule has 1 aromatic heterocycles. The minimum atomic E-state index is -0.565. The quantitative estimate of drug-likeness (QED) is 0.501. The van der Waals surface area contributed by atoms with Gasteiger partial charge in [0, 0.05) is 22.1 Å². The van der Waals surface area contributed by atoms with Gasteiger partial charge in [0.25, 0.3) is 5.91 Å². The van der Waals surface area contributed by atoms with Crippen molar-refractivity contribution in [2.75, 3.05) is 26.1 Å². The molecular formula is C23H22FNO5S. The molecule has 1 N–H and O–H groups in total. The minimum absolute atomic E-state index is 0.178. The Morgan fingerprint density at radius 3 is 2.19 bits per heavy atom. The highest BCUT2D eigenvalue weighted by molar-refractivity contribution is 7.17. The van der Waals surface area contributed by atoms with E-state index in [-0.39, 0.29) is 18.0 Å². The molecular weight excluding hydrogens is 421 g/mol. The smallest absolute Gasteiger partial charge is 0.341 e. The van der Waals surface area contributed by atoms with Crippen LogP contribution in [0.15, 0.2) is 42.5 Å². The van der Waals surface area contributed by atoms with Crippen molar-refractivity contribution in [1.29, 1.82) is 0 Å². The van der Waals surface area contributed by atoms with Crippen molar-refractivity contribution in [3.8, 4) is 22.6 Å².